The lowest BCUT2D eigenvalue weighted by atomic mass is 9.94. The van der Waals surface area contributed by atoms with Crippen LogP contribution >= 0.6 is 23.6 Å². The molecule has 0 spiro atoms. The number of ether oxygens (including phenoxy) is 1. The Bertz CT molecular complexity index is 1330. The largest absolute Gasteiger partial charge is 0.497 e. The maximum Gasteiger partial charge on any atom is 0.258 e. The molecule has 1 atom stereocenters. The first-order chi connectivity index (χ1) is 16.5. The van der Waals surface area contributed by atoms with Gasteiger partial charge in [0.15, 0.2) is 5.11 Å². The van der Waals surface area contributed by atoms with Crippen molar-refractivity contribution < 1.29 is 9.26 Å². The van der Waals surface area contributed by atoms with E-state index in [1.165, 1.54) is 10.4 Å². The second-order valence-corrected chi connectivity index (χ2v) is 9.53. The number of nitrogens with one attached hydrogen (secondary N) is 1. The lowest BCUT2D eigenvalue weighted by Crippen LogP contribution is -2.45. The molecule has 1 unspecified atom stereocenters. The van der Waals surface area contributed by atoms with Crippen LogP contribution in [0, 0.1) is 6.92 Å². The number of methoxy groups -OCH3 is 1. The lowest BCUT2D eigenvalue weighted by Gasteiger charge is -2.37. The third kappa shape index (κ3) is 4.34. The van der Waals surface area contributed by atoms with Crippen molar-refractivity contribution in [2.45, 2.75) is 26.4 Å². The zero-order valence-corrected chi connectivity index (χ0v) is 20.7. The fourth-order valence-electron chi connectivity index (χ4n) is 4.01. The van der Waals surface area contributed by atoms with E-state index in [1.54, 1.807) is 18.4 Å². The average molecular weight is 489 g/mol. The van der Waals surface area contributed by atoms with Crippen LogP contribution in [0.5, 0.6) is 5.75 Å². The second-order valence-electron chi connectivity index (χ2n) is 8.11. The van der Waals surface area contributed by atoms with Gasteiger partial charge >= 0.3 is 0 Å². The van der Waals surface area contributed by atoms with E-state index in [9.17, 15) is 0 Å². The molecule has 6 nitrogen and oxygen atoms in total. The van der Waals surface area contributed by atoms with E-state index in [0.717, 1.165) is 28.1 Å². The first kappa shape index (κ1) is 22.3. The first-order valence-corrected chi connectivity index (χ1v) is 12.2. The fraction of sp³-hybridized carbons (Fsp3) is 0.192. The van der Waals surface area contributed by atoms with Crippen molar-refractivity contribution in [2.24, 2.45) is 0 Å². The molecule has 0 radical (unpaired) electrons. The minimum absolute atomic E-state index is 0.197. The summed E-state index contributed by atoms with van der Waals surface area (Å²) in [4.78, 5) is 8.10. The van der Waals surface area contributed by atoms with Crippen LogP contribution in [0.3, 0.4) is 0 Å². The Morgan fingerprint density at radius 1 is 1.09 bits per heavy atom. The molecule has 172 valence electrons. The Labute approximate surface area is 207 Å². The normalized spacial score (nSPS) is 16.0. The van der Waals surface area contributed by atoms with Gasteiger partial charge in [-0.1, -0.05) is 41.1 Å². The topological polar surface area (TPSA) is 63.4 Å². The molecule has 0 fully saturated rings. The van der Waals surface area contributed by atoms with Crippen LogP contribution in [-0.2, 0) is 6.54 Å². The van der Waals surface area contributed by atoms with Crippen molar-refractivity contribution in [1.82, 2.24) is 20.4 Å². The quantitative estimate of drug-likeness (QED) is 0.335. The number of thiophene rings is 1. The summed E-state index contributed by atoms with van der Waals surface area (Å²) in [5.41, 5.74) is 5.05. The first-order valence-electron chi connectivity index (χ1n) is 10.9. The molecule has 0 aliphatic carbocycles. The van der Waals surface area contributed by atoms with Crippen LogP contribution in [0.25, 0.3) is 17.0 Å². The number of allylic oxidation sites excluding steroid dienone is 1. The summed E-state index contributed by atoms with van der Waals surface area (Å²) in [5, 5.41) is 10.5. The molecule has 2 aromatic heterocycles. The Balaban J connectivity index is 1.58. The van der Waals surface area contributed by atoms with Gasteiger partial charge in [0, 0.05) is 16.1 Å². The highest BCUT2D eigenvalue weighted by Crippen LogP contribution is 2.38. The summed E-state index contributed by atoms with van der Waals surface area (Å²) in [6, 6.07) is 20.0. The van der Waals surface area contributed by atoms with Crippen molar-refractivity contribution in [3.05, 3.63) is 93.6 Å². The number of benzene rings is 2. The van der Waals surface area contributed by atoms with Crippen LogP contribution in [0.2, 0.25) is 0 Å². The number of hydrogen-bond acceptors (Lipinski definition) is 6. The number of rotatable bonds is 6. The Morgan fingerprint density at radius 2 is 1.85 bits per heavy atom. The Hall–Kier alpha value is -3.49. The van der Waals surface area contributed by atoms with Gasteiger partial charge in [0.25, 0.3) is 5.89 Å². The number of aryl methyl sites for hydroxylation is 1. The Morgan fingerprint density at radius 3 is 2.53 bits per heavy atom. The van der Waals surface area contributed by atoms with Crippen LogP contribution in [0.4, 0.5) is 0 Å². The zero-order chi connectivity index (χ0) is 23.7. The number of thiocarbonyl (C=S) groups is 1. The predicted octanol–water partition coefficient (Wildman–Crippen LogP) is 5.98. The van der Waals surface area contributed by atoms with Crippen LogP contribution < -0.4 is 10.1 Å². The van der Waals surface area contributed by atoms with E-state index in [2.05, 4.69) is 71.0 Å². The van der Waals surface area contributed by atoms with Gasteiger partial charge < -0.3 is 19.5 Å². The van der Waals surface area contributed by atoms with Gasteiger partial charge in [0.2, 0.25) is 5.82 Å². The third-order valence-corrected chi connectivity index (χ3v) is 7.11. The molecule has 1 N–H and O–H groups in total. The zero-order valence-electron chi connectivity index (χ0n) is 19.1. The standard InChI is InChI=1S/C26H24N4O2S2/c1-16-6-8-18(9-7-16)23-22(17(2)30(26(33)27-23)15-21-5-4-14-34-21)25-28-24(29-32-25)19-10-12-20(31-3)13-11-19/h4-14,23H,15H2,1-3H3,(H,27,33). The molecule has 0 saturated carbocycles. The molecule has 3 heterocycles. The van der Waals surface area contributed by atoms with E-state index in [4.69, 9.17) is 26.5 Å². The summed E-state index contributed by atoms with van der Waals surface area (Å²) in [5.74, 6) is 1.78. The number of aromatic nitrogens is 2. The van der Waals surface area contributed by atoms with Crippen molar-refractivity contribution in [2.75, 3.05) is 7.11 Å². The van der Waals surface area contributed by atoms with E-state index >= 15 is 0 Å². The summed E-state index contributed by atoms with van der Waals surface area (Å²) in [7, 11) is 1.64. The highest BCUT2D eigenvalue weighted by molar-refractivity contribution is 7.80. The molecular weight excluding hydrogens is 464 g/mol. The average Bonchev–Trinajstić information content (AvgIpc) is 3.54. The molecule has 0 saturated heterocycles. The minimum Gasteiger partial charge on any atom is -0.497 e. The molecule has 8 heteroatoms. The number of nitrogens with zero attached hydrogens (tertiary/aromatic N) is 3. The van der Waals surface area contributed by atoms with Crippen molar-refractivity contribution in [3.63, 3.8) is 0 Å². The van der Waals surface area contributed by atoms with Gasteiger partial charge in [-0.15, -0.1) is 11.3 Å². The molecule has 1 aliphatic rings. The van der Waals surface area contributed by atoms with Crippen molar-refractivity contribution >= 4 is 34.2 Å². The second kappa shape index (κ2) is 9.40. The highest BCUT2D eigenvalue weighted by Gasteiger charge is 2.34. The SMILES string of the molecule is COc1ccc(-c2noc(C3=C(C)N(Cc4cccs4)C(=S)NC3c3ccc(C)cc3)n2)cc1. The van der Waals surface area contributed by atoms with Gasteiger partial charge in [-0.3, -0.25) is 0 Å². The van der Waals surface area contributed by atoms with Crippen LogP contribution in [0.1, 0.15) is 34.9 Å². The van der Waals surface area contributed by atoms with Gasteiger partial charge in [-0.05, 0) is 67.3 Å². The summed E-state index contributed by atoms with van der Waals surface area (Å²) >= 11 is 7.50. The minimum atomic E-state index is -0.197. The maximum atomic E-state index is 5.82. The van der Waals surface area contributed by atoms with E-state index in [1.807, 2.05) is 24.3 Å². The number of hydrogen-bond donors (Lipinski definition) is 1. The predicted molar refractivity (Wildman–Crippen MR) is 138 cm³/mol. The molecule has 34 heavy (non-hydrogen) atoms. The summed E-state index contributed by atoms with van der Waals surface area (Å²) in [6.45, 7) is 4.82. The molecule has 1 aliphatic heterocycles. The van der Waals surface area contributed by atoms with Crippen LogP contribution in [-0.4, -0.2) is 27.3 Å². The molecule has 0 amide bonds. The molecular formula is C26H24N4O2S2. The maximum absolute atomic E-state index is 5.82. The monoisotopic (exact) mass is 488 g/mol. The summed E-state index contributed by atoms with van der Waals surface area (Å²) in [6.07, 6.45) is 0. The van der Waals surface area contributed by atoms with E-state index < -0.39 is 0 Å². The smallest absolute Gasteiger partial charge is 0.258 e. The molecule has 5 rings (SSSR count). The summed E-state index contributed by atoms with van der Waals surface area (Å²) < 4.78 is 11.1. The van der Waals surface area contributed by atoms with Crippen molar-refractivity contribution in [3.8, 4) is 17.1 Å². The Kier molecular flexibility index (Phi) is 6.17. The third-order valence-electron chi connectivity index (χ3n) is 5.91. The van der Waals surface area contributed by atoms with E-state index in [0.29, 0.717) is 23.4 Å². The highest BCUT2D eigenvalue weighted by atomic mass is 32.1. The van der Waals surface area contributed by atoms with Gasteiger partial charge in [-0.2, -0.15) is 4.98 Å². The van der Waals surface area contributed by atoms with E-state index in [-0.39, 0.29) is 6.04 Å². The molecule has 2 aromatic carbocycles. The molecule has 4 aromatic rings. The van der Waals surface area contributed by atoms with Gasteiger partial charge in [0.05, 0.1) is 25.3 Å². The molecule has 0 bridgehead atoms. The van der Waals surface area contributed by atoms with Gasteiger partial charge in [0.1, 0.15) is 5.75 Å². The van der Waals surface area contributed by atoms with Crippen LogP contribution in [0.15, 0.2) is 76.3 Å². The van der Waals surface area contributed by atoms with Gasteiger partial charge in [-0.25, -0.2) is 0 Å². The fourth-order valence-corrected chi connectivity index (χ4v) is 5.02. The van der Waals surface area contributed by atoms with Crippen molar-refractivity contribution in [1.29, 1.82) is 0 Å². The lowest BCUT2D eigenvalue weighted by molar-refractivity contribution is 0.396.